The monoisotopic (exact) mass is 311 g/mol. The molecular formula is C18H21N3O2. The molecule has 0 spiro atoms. The van der Waals surface area contributed by atoms with Gasteiger partial charge < -0.3 is 9.67 Å². The summed E-state index contributed by atoms with van der Waals surface area (Å²) in [4.78, 5) is 18.1. The molecule has 5 nitrogen and oxygen atoms in total. The Morgan fingerprint density at radius 1 is 1.26 bits per heavy atom. The molecule has 5 heteroatoms. The average molecular weight is 311 g/mol. The Labute approximate surface area is 135 Å². The topological polar surface area (TPSA) is 58.4 Å². The lowest BCUT2D eigenvalue weighted by atomic mass is 9.87. The minimum absolute atomic E-state index is 0.595. The van der Waals surface area contributed by atoms with E-state index in [1.807, 2.05) is 18.2 Å². The predicted molar refractivity (Wildman–Crippen MR) is 89.0 cm³/mol. The van der Waals surface area contributed by atoms with E-state index in [9.17, 15) is 9.90 Å². The zero-order valence-electron chi connectivity index (χ0n) is 13.0. The van der Waals surface area contributed by atoms with Crippen LogP contribution in [0, 0.1) is 0 Å². The van der Waals surface area contributed by atoms with Crippen molar-refractivity contribution in [2.75, 3.05) is 19.6 Å². The van der Waals surface area contributed by atoms with E-state index < -0.39 is 11.5 Å². The molecule has 1 aromatic carbocycles. The van der Waals surface area contributed by atoms with Crippen LogP contribution >= 0.6 is 0 Å². The van der Waals surface area contributed by atoms with Gasteiger partial charge in [-0.3, -0.25) is 4.90 Å². The highest BCUT2D eigenvalue weighted by Crippen LogP contribution is 2.30. The maximum Gasteiger partial charge on any atom is 0.330 e. The van der Waals surface area contributed by atoms with E-state index in [1.165, 1.54) is 5.56 Å². The third-order valence-corrected chi connectivity index (χ3v) is 4.55. The van der Waals surface area contributed by atoms with Gasteiger partial charge in [0.2, 0.25) is 0 Å². The first-order valence-electron chi connectivity index (χ1n) is 7.86. The van der Waals surface area contributed by atoms with E-state index in [4.69, 9.17) is 0 Å². The van der Waals surface area contributed by atoms with Crippen molar-refractivity contribution in [3.8, 4) is 0 Å². The first kappa shape index (κ1) is 15.5. The molecule has 0 amide bonds. The van der Waals surface area contributed by atoms with Crippen LogP contribution in [0.1, 0.15) is 18.4 Å². The van der Waals surface area contributed by atoms with E-state index in [1.54, 1.807) is 23.3 Å². The van der Waals surface area contributed by atoms with Crippen molar-refractivity contribution in [3.63, 3.8) is 0 Å². The largest absolute Gasteiger partial charge is 0.479 e. The lowest BCUT2D eigenvalue weighted by Gasteiger charge is -2.39. The lowest BCUT2D eigenvalue weighted by molar-refractivity contribution is -0.150. The molecule has 0 radical (unpaired) electrons. The minimum atomic E-state index is -0.851. The van der Waals surface area contributed by atoms with Gasteiger partial charge in [0, 0.05) is 32.0 Å². The molecule has 23 heavy (non-hydrogen) atoms. The second kappa shape index (κ2) is 6.79. The zero-order chi connectivity index (χ0) is 16.1. The molecule has 0 saturated carbocycles. The van der Waals surface area contributed by atoms with Crippen LogP contribution in [0.2, 0.25) is 0 Å². The zero-order valence-corrected chi connectivity index (χ0v) is 13.0. The van der Waals surface area contributed by atoms with Crippen LogP contribution in [0.4, 0.5) is 0 Å². The summed E-state index contributed by atoms with van der Waals surface area (Å²) in [5.74, 6) is -0.769. The molecule has 0 aliphatic carbocycles. The van der Waals surface area contributed by atoms with Gasteiger partial charge in [0.15, 0.2) is 0 Å². The molecule has 0 unspecified atom stereocenters. The highest BCUT2D eigenvalue weighted by Gasteiger charge is 2.42. The van der Waals surface area contributed by atoms with Gasteiger partial charge in [-0.05, 0) is 18.4 Å². The summed E-state index contributed by atoms with van der Waals surface area (Å²) in [5.41, 5.74) is 0.332. The SMILES string of the molecule is O=C(O)C1(n2ccnc2)CCN(C/C=C/c2ccccc2)CC1. The molecular weight excluding hydrogens is 290 g/mol. The molecule has 1 saturated heterocycles. The fraction of sp³-hybridized carbons (Fsp3) is 0.333. The molecule has 1 aliphatic rings. The number of aliphatic carboxylic acids is 1. The minimum Gasteiger partial charge on any atom is -0.479 e. The molecule has 0 bridgehead atoms. The number of nitrogens with zero attached hydrogens (tertiary/aromatic N) is 3. The summed E-state index contributed by atoms with van der Waals surface area (Å²) in [5, 5.41) is 9.69. The second-order valence-electron chi connectivity index (χ2n) is 5.92. The number of rotatable bonds is 5. The first-order valence-corrected chi connectivity index (χ1v) is 7.86. The van der Waals surface area contributed by atoms with Crippen molar-refractivity contribution in [2.45, 2.75) is 18.4 Å². The van der Waals surface area contributed by atoms with E-state index >= 15 is 0 Å². The van der Waals surface area contributed by atoms with Crippen LogP contribution in [0.3, 0.4) is 0 Å². The Balaban J connectivity index is 1.59. The maximum absolute atomic E-state index is 11.8. The third-order valence-electron chi connectivity index (χ3n) is 4.55. The molecule has 2 heterocycles. The summed E-state index contributed by atoms with van der Waals surface area (Å²) in [7, 11) is 0. The van der Waals surface area contributed by atoms with E-state index in [0.29, 0.717) is 12.8 Å². The highest BCUT2D eigenvalue weighted by atomic mass is 16.4. The fourth-order valence-electron chi connectivity index (χ4n) is 3.10. The molecule has 120 valence electrons. The van der Waals surface area contributed by atoms with Crippen LogP contribution < -0.4 is 0 Å². The summed E-state index contributed by atoms with van der Waals surface area (Å²) in [6.45, 7) is 2.38. The molecule has 1 aromatic heterocycles. The number of hydrogen-bond acceptors (Lipinski definition) is 3. The van der Waals surface area contributed by atoms with Crippen LogP contribution in [0.25, 0.3) is 6.08 Å². The normalized spacial score (nSPS) is 18.3. The number of benzene rings is 1. The van der Waals surface area contributed by atoms with Gasteiger partial charge in [-0.2, -0.15) is 0 Å². The van der Waals surface area contributed by atoms with Crippen molar-refractivity contribution in [2.24, 2.45) is 0 Å². The number of carbonyl (C=O) groups is 1. The Bertz CT molecular complexity index is 657. The van der Waals surface area contributed by atoms with Gasteiger partial charge in [-0.15, -0.1) is 0 Å². The lowest BCUT2D eigenvalue weighted by Crippen LogP contribution is -2.50. The Hall–Kier alpha value is -2.40. The summed E-state index contributed by atoms with van der Waals surface area (Å²) < 4.78 is 1.74. The number of aromatic nitrogens is 2. The highest BCUT2D eigenvalue weighted by molar-refractivity contribution is 5.77. The summed E-state index contributed by atoms with van der Waals surface area (Å²) >= 11 is 0. The molecule has 0 atom stereocenters. The molecule has 1 aliphatic heterocycles. The fourth-order valence-corrected chi connectivity index (χ4v) is 3.10. The van der Waals surface area contributed by atoms with Gasteiger partial charge in [0.1, 0.15) is 5.54 Å². The van der Waals surface area contributed by atoms with Crippen molar-refractivity contribution >= 4 is 12.0 Å². The van der Waals surface area contributed by atoms with Crippen molar-refractivity contribution in [3.05, 3.63) is 60.7 Å². The number of carboxylic acids is 1. The van der Waals surface area contributed by atoms with Crippen molar-refractivity contribution < 1.29 is 9.90 Å². The Morgan fingerprint density at radius 3 is 2.61 bits per heavy atom. The van der Waals surface area contributed by atoms with Gasteiger partial charge in [0.05, 0.1) is 6.33 Å². The van der Waals surface area contributed by atoms with Crippen LogP contribution in [0.5, 0.6) is 0 Å². The van der Waals surface area contributed by atoms with Gasteiger partial charge in [0.25, 0.3) is 0 Å². The number of piperidine rings is 1. The second-order valence-corrected chi connectivity index (χ2v) is 5.92. The van der Waals surface area contributed by atoms with Gasteiger partial charge in [-0.25, -0.2) is 9.78 Å². The first-order chi connectivity index (χ1) is 11.2. The average Bonchev–Trinajstić information content (AvgIpc) is 3.11. The molecule has 2 aromatic rings. The Morgan fingerprint density at radius 2 is 2.00 bits per heavy atom. The number of imidazole rings is 1. The van der Waals surface area contributed by atoms with E-state index in [0.717, 1.165) is 19.6 Å². The molecule has 1 N–H and O–H groups in total. The maximum atomic E-state index is 11.8. The van der Waals surface area contributed by atoms with E-state index in [-0.39, 0.29) is 0 Å². The third kappa shape index (κ3) is 3.35. The smallest absolute Gasteiger partial charge is 0.330 e. The predicted octanol–water partition coefficient (Wildman–Crippen LogP) is 2.47. The summed E-state index contributed by atoms with van der Waals surface area (Å²) in [6, 6.07) is 10.2. The Kier molecular flexibility index (Phi) is 4.57. The van der Waals surface area contributed by atoms with Gasteiger partial charge in [-0.1, -0.05) is 42.5 Å². The van der Waals surface area contributed by atoms with Crippen LogP contribution in [-0.2, 0) is 10.3 Å². The molecule has 1 fully saturated rings. The number of carboxylic acid groups (broad SMARTS) is 1. The van der Waals surface area contributed by atoms with Crippen molar-refractivity contribution in [1.29, 1.82) is 0 Å². The van der Waals surface area contributed by atoms with Crippen LogP contribution in [-0.4, -0.2) is 45.2 Å². The van der Waals surface area contributed by atoms with E-state index in [2.05, 4.69) is 34.2 Å². The standard InChI is InChI=1S/C18H21N3O2/c22-17(23)18(21-14-10-19-15-21)8-12-20(13-9-18)11-4-7-16-5-2-1-3-6-16/h1-7,10,14-15H,8-9,11-13H2,(H,22,23)/b7-4+. The van der Waals surface area contributed by atoms with Crippen LogP contribution in [0.15, 0.2) is 55.1 Å². The number of likely N-dealkylation sites (tertiary alicyclic amines) is 1. The quantitative estimate of drug-likeness (QED) is 0.921. The van der Waals surface area contributed by atoms with Crippen molar-refractivity contribution in [1.82, 2.24) is 14.5 Å². The van der Waals surface area contributed by atoms with Gasteiger partial charge >= 0.3 is 5.97 Å². The molecule has 3 rings (SSSR count). The number of hydrogen-bond donors (Lipinski definition) is 1. The summed E-state index contributed by atoms with van der Waals surface area (Å²) in [6.07, 6.45) is 10.4.